The van der Waals surface area contributed by atoms with Gasteiger partial charge in [-0.1, -0.05) is 6.92 Å². The molecule has 0 saturated carbocycles. The topological polar surface area (TPSA) is 95.2 Å². The smallest absolute Gasteiger partial charge is 0.251 e. The fourth-order valence-corrected chi connectivity index (χ4v) is 7.26. The van der Waals surface area contributed by atoms with E-state index in [1.54, 1.807) is 0 Å². The quantitative estimate of drug-likeness (QED) is 0.443. The van der Waals surface area contributed by atoms with Crippen molar-refractivity contribution < 1.29 is 19.1 Å². The number of hydrogen-bond donors (Lipinski definition) is 3. The Hall–Kier alpha value is -2.20. The highest BCUT2D eigenvalue weighted by molar-refractivity contribution is 5.97. The van der Waals surface area contributed by atoms with Gasteiger partial charge in [0.1, 0.15) is 0 Å². The predicted molar refractivity (Wildman–Crippen MR) is 162 cm³/mol. The van der Waals surface area contributed by atoms with Crippen LogP contribution in [0.2, 0.25) is 0 Å². The van der Waals surface area contributed by atoms with Gasteiger partial charge in [0, 0.05) is 82.4 Å². The first-order valence-corrected chi connectivity index (χ1v) is 15.9. The average Bonchev–Trinajstić information content (AvgIpc) is 2.97. The zero-order valence-electron chi connectivity index (χ0n) is 25.5. The van der Waals surface area contributed by atoms with E-state index < -0.39 is 0 Å². The van der Waals surface area contributed by atoms with Crippen LogP contribution in [0.5, 0.6) is 0 Å². The molecule has 5 unspecified atom stereocenters. The molecule has 0 aromatic heterocycles. The Balaban J connectivity index is 1.32. The molecular formula is C32H51N5O4. The van der Waals surface area contributed by atoms with Crippen LogP contribution in [0.3, 0.4) is 0 Å². The van der Waals surface area contributed by atoms with Gasteiger partial charge in [-0.05, 0) is 81.0 Å². The van der Waals surface area contributed by atoms with Crippen molar-refractivity contribution in [1.29, 1.82) is 0 Å². The molecule has 4 aliphatic rings. The summed E-state index contributed by atoms with van der Waals surface area (Å²) >= 11 is 0. The molecule has 41 heavy (non-hydrogen) atoms. The van der Waals surface area contributed by atoms with Crippen molar-refractivity contribution in [3.63, 3.8) is 0 Å². The highest BCUT2D eigenvalue weighted by atomic mass is 16.5. The number of carbonyl (C=O) groups is 2. The minimum absolute atomic E-state index is 0.0434. The van der Waals surface area contributed by atoms with Crippen molar-refractivity contribution in [3.05, 3.63) is 28.8 Å². The number of carbonyl (C=O) groups excluding carboxylic acids is 2. The molecule has 4 heterocycles. The minimum atomic E-state index is -0.200. The lowest BCUT2D eigenvalue weighted by atomic mass is 9.84. The maximum atomic E-state index is 13.7. The summed E-state index contributed by atoms with van der Waals surface area (Å²) < 4.78 is 11.2. The number of hydrogen-bond acceptors (Lipinski definition) is 7. The van der Waals surface area contributed by atoms with Gasteiger partial charge < -0.3 is 30.3 Å². The van der Waals surface area contributed by atoms with Crippen molar-refractivity contribution in [2.45, 2.75) is 76.9 Å². The monoisotopic (exact) mass is 569 g/mol. The van der Waals surface area contributed by atoms with Crippen LogP contribution in [0.4, 0.5) is 5.69 Å². The van der Waals surface area contributed by atoms with Crippen molar-refractivity contribution in [3.8, 4) is 0 Å². The van der Waals surface area contributed by atoms with Crippen LogP contribution in [-0.4, -0.2) is 101 Å². The molecule has 1 aromatic carbocycles. The average molecular weight is 570 g/mol. The SMILES string of the molecule is Cc1c(C(=O)NCC2C(=O)NC(C)CC2C)cc(C2CCC(CN3CCOCC3)NC2)cc1N(C)C1CCOCC1. The number of nitrogens with one attached hydrogen (secondary N) is 3. The van der Waals surface area contributed by atoms with E-state index in [1.165, 1.54) is 5.56 Å². The van der Waals surface area contributed by atoms with Crippen LogP contribution < -0.4 is 20.9 Å². The Labute approximate surface area is 246 Å². The highest BCUT2D eigenvalue weighted by Gasteiger charge is 2.33. The summed E-state index contributed by atoms with van der Waals surface area (Å²) in [4.78, 5) is 31.3. The van der Waals surface area contributed by atoms with Gasteiger partial charge in [-0.15, -0.1) is 0 Å². The molecule has 4 saturated heterocycles. The number of benzene rings is 1. The van der Waals surface area contributed by atoms with Crippen molar-refractivity contribution in [2.24, 2.45) is 11.8 Å². The van der Waals surface area contributed by atoms with Gasteiger partial charge >= 0.3 is 0 Å². The van der Waals surface area contributed by atoms with Gasteiger partial charge in [0.2, 0.25) is 5.91 Å². The van der Waals surface area contributed by atoms with Crippen LogP contribution >= 0.6 is 0 Å². The van der Waals surface area contributed by atoms with Crippen molar-refractivity contribution in [1.82, 2.24) is 20.9 Å². The standard InChI is InChI=1S/C32H51N5O4/c1-21-15-22(2)35-32(39)29(21)19-34-31(38)28-16-25(17-30(23(28)3)36(4)27-7-11-40-12-8-27)24-5-6-26(33-18-24)20-37-9-13-41-14-10-37/h16-17,21-22,24,26-27,29,33H,5-15,18-20H2,1-4H3,(H,34,38)(H,35,39). The lowest BCUT2D eigenvalue weighted by Crippen LogP contribution is -2.50. The summed E-state index contributed by atoms with van der Waals surface area (Å²) in [6.45, 7) is 13.8. The molecule has 4 aliphatic heterocycles. The molecular weight excluding hydrogens is 518 g/mol. The number of anilines is 1. The van der Waals surface area contributed by atoms with E-state index in [1.807, 2.05) is 6.92 Å². The van der Waals surface area contributed by atoms with E-state index in [-0.39, 0.29) is 29.7 Å². The third kappa shape index (κ3) is 7.42. The Morgan fingerprint density at radius 3 is 2.49 bits per heavy atom. The zero-order valence-corrected chi connectivity index (χ0v) is 25.5. The fourth-order valence-electron chi connectivity index (χ4n) is 7.26. The van der Waals surface area contributed by atoms with E-state index in [9.17, 15) is 9.59 Å². The minimum Gasteiger partial charge on any atom is -0.381 e. The van der Waals surface area contributed by atoms with Gasteiger partial charge in [0.25, 0.3) is 5.91 Å². The lowest BCUT2D eigenvalue weighted by Gasteiger charge is -2.37. The third-order valence-corrected chi connectivity index (χ3v) is 9.96. The summed E-state index contributed by atoms with van der Waals surface area (Å²) in [5.41, 5.74) is 4.09. The molecule has 3 N–H and O–H groups in total. The first-order chi connectivity index (χ1) is 19.8. The Morgan fingerprint density at radius 2 is 1.80 bits per heavy atom. The fraction of sp³-hybridized carbons (Fsp3) is 0.750. The summed E-state index contributed by atoms with van der Waals surface area (Å²) in [6.07, 6.45) is 5.13. The molecule has 9 heteroatoms. The Morgan fingerprint density at radius 1 is 1.07 bits per heavy atom. The zero-order chi connectivity index (χ0) is 28.9. The molecule has 5 atom stereocenters. The molecule has 2 amide bonds. The van der Waals surface area contributed by atoms with Gasteiger partial charge in [-0.2, -0.15) is 0 Å². The molecule has 9 nitrogen and oxygen atoms in total. The van der Waals surface area contributed by atoms with Crippen molar-refractivity contribution in [2.75, 3.05) is 71.1 Å². The summed E-state index contributed by atoms with van der Waals surface area (Å²) in [7, 11) is 2.16. The normalized spacial score (nSPS) is 30.0. The lowest BCUT2D eigenvalue weighted by molar-refractivity contribution is -0.129. The van der Waals surface area contributed by atoms with Crippen molar-refractivity contribution >= 4 is 17.5 Å². The van der Waals surface area contributed by atoms with Crippen LogP contribution in [0.1, 0.15) is 73.4 Å². The van der Waals surface area contributed by atoms with E-state index in [4.69, 9.17) is 9.47 Å². The van der Waals surface area contributed by atoms with Crippen LogP contribution in [-0.2, 0) is 14.3 Å². The number of amides is 2. The molecule has 4 fully saturated rings. The van der Waals surface area contributed by atoms with Crippen LogP contribution in [0.25, 0.3) is 0 Å². The molecule has 0 radical (unpaired) electrons. The molecule has 0 aliphatic carbocycles. The second kappa shape index (κ2) is 13.8. The number of morpholine rings is 1. The summed E-state index contributed by atoms with van der Waals surface area (Å²) in [6, 6.07) is 5.52. The van der Waals surface area contributed by atoms with Gasteiger partial charge in [-0.25, -0.2) is 0 Å². The first kappa shape index (κ1) is 30.3. The maximum Gasteiger partial charge on any atom is 0.251 e. The molecule has 5 rings (SSSR count). The van der Waals surface area contributed by atoms with Crippen LogP contribution in [0, 0.1) is 18.8 Å². The number of piperidine rings is 2. The molecule has 0 spiro atoms. The Kier molecular flexibility index (Phi) is 10.2. The molecule has 0 bridgehead atoms. The third-order valence-electron chi connectivity index (χ3n) is 9.96. The van der Waals surface area contributed by atoms with E-state index >= 15 is 0 Å². The molecule has 228 valence electrons. The van der Waals surface area contributed by atoms with E-state index in [2.05, 4.69) is 58.8 Å². The Bertz CT molecular complexity index is 1050. The molecule has 1 aromatic rings. The van der Waals surface area contributed by atoms with Gasteiger partial charge in [0.15, 0.2) is 0 Å². The predicted octanol–water partition coefficient (Wildman–Crippen LogP) is 2.67. The highest BCUT2D eigenvalue weighted by Crippen LogP contribution is 2.34. The second-order valence-electron chi connectivity index (χ2n) is 12.9. The summed E-state index contributed by atoms with van der Waals surface area (Å²) in [5, 5.41) is 10.0. The van der Waals surface area contributed by atoms with Gasteiger partial charge in [-0.3, -0.25) is 14.5 Å². The van der Waals surface area contributed by atoms with E-state index in [0.29, 0.717) is 24.5 Å². The largest absolute Gasteiger partial charge is 0.381 e. The van der Waals surface area contributed by atoms with Crippen LogP contribution in [0.15, 0.2) is 12.1 Å². The maximum absolute atomic E-state index is 13.7. The second-order valence-corrected chi connectivity index (χ2v) is 12.9. The summed E-state index contributed by atoms with van der Waals surface area (Å²) in [5.74, 6) is 0.352. The number of nitrogens with zero attached hydrogens (tertiary/aromatic N) is 2. The number of rotatable bonds is 8. The van der Waals surface area contributed by atoms with E-state index in [0.717, 1.165) is 102 Å². The van der Waals surface area contributed by atoms with Gasteiger partial charge in [0.05, 0.1) is 19.1 Å². The first-order valence-electron chi connectivity index (χ1n) is 15.9. The number of ether oxygens (including phenoxy) is 2.